The lowest BCUT2D eigenvalue weighted by Crippen LogP contribution is -2.52. The van der Waals surface area contributed by atoms with Crippen molar-refractivity contribution in [2.75, 3.05) is 13.1 Å². The summed E-state index contributed by atoms with van der Waals surface area (Å²) in [6.07, 6.45) is 1.65. The van der Waals surface area contributed by atoms with E-state index in [1.54, 1.807) is 17.0 Å². The first kappa shape index (κ1) is 18.1. The normalized spacial score (nSPS) is 18.2. The first-order valence-electron chi connectivity index (χ1n) is 9.26. The van der Waals surface area contributed by atoms with Crippen LogP contribution in [0.1, 0.15) is 51.1 Å². The zero-order valence-corrected chi connectivity index (χ0v) is 16.3. The summed E-state index contributed by atoms with van der Waals surface area (Å²) in [5, 5.41) is 0.464. The summed E-state index contributed by atoms with van der Waals surface area (Å²) < 4.78 is 6.34. The number of nitrogens with zero attached hydrogens (tertiary/aromatic N) is 1. The van der Waals surface area contributed by atoms with Crippen molar-refractivity contribution in [3.05, 3.63) is 63.7 Å². The average molecular weight is 384 g/mol. The van der Waals surface area contributed by atoms with Gasteiger partial charge in [-0.05, 0) is 49.2 Å². The fourth-order valence-electron chi connectivity index (χ4n) is 3.95. The number of piperidine rings is 1. The average Bonchev–Trinajstić information content (AvgIpc) is 2.64. The first-order chi connectivity index (χ1) is 12.9. The maximum atomic E-state index is 12.8. The van der Waals surface area contributed by atoms with E-state index >= 15 is 0 Å². The number of rotatable bonds is 1. The van der Waals surface area contributed by atoms with E-state index in [2.05, 4.69) is 0 Å². The molecule has 2 aliphatic heterocycles. The number of fused-ring (bicyclic) bond motifs is 1. The number of benzene rings is 2. The van der Waals surface area contributed by atoms with Crippen LogP contribution in [-0.4, -0.2) is 35.3 Å². The minimum Gasteiger partial charge on any atom is -0.486 e. The molecule has 0 N–H and O–H groups in total. The van der Waals surface area contributed by atoms with Gasteiger partial charge in [0.1, 0.15) is 11.4 Å². The first-order valence-corrected chi connectivity index (χ1v) is 9.64. The second-order valence-electron chi connectivity index (χ2n) is 7.59. The molecule has 2 aliphatic rings. The predicted octanol–water partition coefficient (Wildman–Crippen LogP) is 4.60. The third-order valence-electron chi connectivity index (χ3n) is 5.77. The number of carbonyl (C=O) groups is 2. The van der Waals surface area contributed by atoms with Crippen LogP contribution in [0.25, 0.3) is 0 Å². The van der Waals surface area contributed by atoms with Crippen molar-refractivity contribution in [1.29, 1.82) is 0 Å². The standard InChI is InChI=1S/C22H22ClNO3/c1-14-11-17-19(25)13-22(27-20(17)12-15(14)2)7-9-24(10-8-22)21(26)16-5-3-4-6-18(16)23/h3-6,11-12H,7-10,13H2,1-2H3. The highest BCUT2D eigenvalue weighted by atomic mass is 35.5. The van der Waals surface area contributed by atoms with Gasteiger partial charge in [-0.15, -0.1) is 0 Å². The molecule has 0 unspecified atom stereocenters. The van der Waals surface area contributed by atoms with Gasteiger partial charge in [0, 0.05) is 25.9 Å². The number of carbonyl (C=O) groups excluding carboxylic acids is 2. The fraction of sp³-hybridized carbons (Fsp3) is 0.364. The lowest BCUT2D eigenvalue weighted by atomic mass is 9.81. The summed E-state index contributed by atoms with van der Waals surface area (Å²) in [5.41, 5.74) is 2.90. The number of ketones is 1. The maximum Gasteiger partial charge on any atom is 0.255 e. The molecule has 1 spiro atoms. The van der Waals surface area contributed by atoms with Gasteiger partial charge in [-0.25, -0.2) is 0 Å². The van der Waals surface area contributed by atoms with Crippen molar-refractivity contribution < 1.29 is 14.3 Å². The number of amides is 1. The number of hydrogen-bond donors (Lipinski definition) is 0. The zero-order chi connectivity index (χ0) is 19.2. The number of Topliss-reactive ketones (excluding diaryl/α,β-unsaturated/α-hetero) is 1. The van der Waals surface area contributed by atoms with Crippen molar-refractivity contribution in [1.82, 2.24) is 4.90 Å². The molecule has 27 heavy (non-hydrogen) atoms. The van der Waals surface area contributed by atoms with Crippen LogP contribution in [0.3, 0.4) is 0 Å². The molecule has 0 atom stereocenters. The van der Waals surface area contributed by atoms with Crippen molar-refractivity contribution in [3.63, 3.8) is 0 Å². The van der Waals surface area contributed by atoms with Crippen LogP contribution in [0.5, 0.6) is 5.75 Å². The lowest BCUT2D eigenvalue weighted by Gasteiger charge is -2.44. The molecule has 1 fully saturated rings. The second-order valence-corrected chi connectivity index (χ2v) is 8.00. The lowest BCUT2D eigenvalue weighted by molar-refractivity contribution is -0.00574. The third-order valence-corrected chi connectivity index (χ3v) is 6.10. The maximum absolute atomic E-state index is 12.8. The molecule has 0 aromatic heterocycles. The number of hydrogen-bond acceptors (Lipinski definition) is 3. The summed E-state index contributed by atoms with van der Waals surface area (Å²) in [6.45, 7) is 5.14. The Kier molecular flexibility index (Phi) is 4.47. The summed E-state index contributed by atoms with van der Waals surface area (Å²) in [4.78, 5) is 27.3. The second kappa shape index (κ2) is 6.68. The molecule has 0 radical (unpaired) electrons. The van der Waals surface area contributed by atoms with Crippen LogP contribution >= 0.6 is 11.6 Å². The van der Waals surface area contributed by atoms with E-state index in [4.69, 9.17) is 16.3 Å². The van der Waals surface area contributed by atoms with Gasteiger partial charge in [-0.1, -0.05) is 23.7 Å². The van der Waals surface area contributed by atoms with Crippen LogP contribution in [0.2, 0.25) is 5.02 Å². The van der Waals surface area contributed by atoms with Gasteiger partial charge in [0.25, 0.3) is 5.91 Å². The fourth-order valence-corrected chi connectivity index (χ4v) is 4.17. The Hall–Kier alpha value is -2.33. The van der Waals surface area contributed by atoms with E-state index in [0.717, 1.165) is 11.1 Å². The Bertz CT molecular complexity index is 929. The molecule has 0 aliphatic carbocycles. The van der Waals surface area contributed by atoms with Crippen LogP contribution in [0.4, 0.5) is 0 Å². The van der Waals surface area contributed by atoms with E-state index < -0.39 is 5.60 Å². The van der Waals surface area contributed by atoms with E-state index in [9.17, 15) is 9.59 Å². The SMILES string of the molecule is Cc1cc2c(cc1C)C(=O)CC1(CCN(C(=O)c3ccccc3Cl)CC1)O2. The van der Waals surface area contributed by atoms with E-state index in [1.165, 1.54) is 0 Å². The van der Waals surface area contributed by atoms with Gasteiger partial charge in [0.05, 0.1) is 22.6 Å². The Balaban J connectivity index is 1.52. The molecule has 0 saturated carbocycles. The van der Waals surface area contributed by atoms with Crippen molar-refractivity contribution >= 4 is 23.3 Å². The minimum atomic E-state index is -0.511. The van der Waals surface area contributed by atoms with Crippen LogP contribution in [0.15, 0.2) is 36.4 Å². The highest BCUT2D eigenvalue weighted by Crippen LogP contribution is 2.40. The van der Waals surface area contributed by atoms with Gasteiger partial charge < -0.3 is 9.64 Å². The van der Waals surface area contributed by atoms with E-state index in [-0.39, 0.29) is 11.7 Å². The topological polar surface area (TPSA) is 46.6 Å². The molecule has 1 amide bonds. The molecule has 0 bridgehead atoms. The van der Waals surface area contributed by atoms with Crippen LogP contribution in [-0.2, 0) is 0 Å². The molecular formula is C22H22ClNO3. The monoisotopic (exact) mass is 383 g/mol. The zero-order valence-electron chi connectivity index (χ0n) is 15.5. The molecule has 2 aromatic rings. The van der Waals surface area contributed by atoms with Crippen molar-refractivity contribution in [2.45, 2.75) is 38.7 Å². The Morgan fingerprint density at radius 3 is 2.48 bits per heavy atom. The Morgan fingerprint density at radius 2 is 1.78 bits per heavy atom. The smallest absolute Gasteiger partial charge is 0.255 e. The molecule has 2 heterocycles. The quantitative estimate of drug-likeness (QED) is 0.723. The summed E-state index contributed by atoms with van der Waals surface area (Å²) in [7, 11) is 0. The molecule has 5 heteroatoms. The molecule has 140 valence electrons. The van der Waals surface area contributed by atoms with Crippen LogP contribution in [0, 0.1) is 13.8 Å². The number of likely N-dealkylation sites (tertiary alicyclic amines) is 1. The summed E-state index contributed by atoms with van der Waals surface area (Å²) >= 11 is 6.17. The van der Waals surface area contributed by atoms with Crippen LogP contribution < -0.4 is 4.74 Å². The minimum absolute atomic E-state index is 0.0653. The molecular weight excluding hydrogens is 362 g/mol. The highest BCUT2D eigenvalue weighted by Gasteiger charge is 2.44. The predicted molar refractivity (Wildman–Crippen MR) is 105 cm³/mol. The molecule has 4 nitrogen and oxygen atoms in total. The molecule has 4 rings (SSSR count). The van der Waals surface area contributed by atoms with Crippen molar-refractivity contribution in [2.24, 2.45) is 0 Å². The Morgan fingerprint density at radius 1 is 1.11 bits per heavy atom. The number of ether oxygens (including phenoxy) is 1. The van der Waals surface area contributed by atoms with Gasteiger partial charge in [0.15, 0.2) is 5.78 Å². The number of aryl methyl sites for hydroxylation is 2. The molecule has 2 aromatic carbocycles. The van der Waals surface area contributed by atoms with Gasteiger partial charge in [0.2, 0.25) is 0 Å². The third kappa shape index (κ3) is 3.23. The highest BCUT2D eigenvalue weighted by molar-refractivity contribution is 6.33. The van der Waals surface area contributed by atoms with Gasteiger partial charge in [-0.2, -0.15) is 0 Å². The Labute approximate surface area is 164 Å². The summed E-state index contributed by atoms with van der Waals surface area (Å²) in [5.74, 6) is 0.745. The molecule has 1 saturated heterocycles. The largest absolute Gasteiger partial charge is 0.486 e. The van der Waals surface area contributed by atoms with Gasteiger partial charge >= 0.3 is 0 Å². The number of halogens is 1. The van der Waals surface area contributed by atoms with E-state index in [0.29, 0.717) is 54.3 Å². The van der Waals surface area contributed by atoms with Gasteiger partial charge in [-0.3, -0.25) is 9.59 Å². The van der Waals surface area contributed by atoms with E-state index in [1.807, 2.05) is 38.1 Å². The summed E-state index contributed by atoms with van der Waals surface area (Å²) in [6, 6.07) is 11.0. The van der Waals surface area contributed by atoms with Crippen molar-refractivity contribution in [3.8, 4) is 5.75 Å².